The summed E-state index contributed by atoms with van der Waals surface area (Å²) in [6.07, 6.45) is 18.8. The first-order valence-corrected chi connectivity index (χ1v) is 13.3. The molecule has 2 nitrogen and oxygen atoms in total. The lowest BCUT2D eigenvalue weighted by atomic mass is 9.59. The van der Waals surface area contributed by atoms with E-state index in [2.05, 4.69) is 19.1 Å². The predicted molar refractivity (Wildman–Crippen MR) is 128 cm³/mol. The monoisotopic (exact) mass is 478 g/mol. The van der Waals surface area contributed by atoms with Crippen LogP contribution in [0.4, 0.5) is 8.78 Å². The van der Waals surface area contributed by atoms with Crippen LogP contribution in [0.3, 0.4) is 0 Å². The van der Waals surface area contributed by atoms with Crippen LogP contribution in [0.5, 0.6) is 5.75 Å². The number of hydrogen-bond donors (Lipinski definition) is 0. The molecule has 3 saturated carbocycles. The van der Waals surface area contributed by atoms with Gasteiger partial charge in [-0.3, -0.25) is 4.79 Å². The molecule has 5 heteroatoms. The molecule has 0 saturated heterocycles. The molecule has 1 aromatic rings. The molecule has 182 valence electrons. The fourth-order valence-electron chi connectivity index (χ4n) is 6.94. The minimum Gasteiger partial charge on any atom is -0.423 e. The molecule has 33 heavy (non-hydrogen) atoms. The highest BCUT2D eigenvalue weighted by molar-refractivity contribution is 6.30. The number of esters is 1. The molecule has 4 rings (SSSR count). The Hall–Kier alpha value is -1.42. The summed E-state index contributed by atoms with van der Waals surface area (Å²) in [5.74, 6) is 0.0193. The first-order chi connectivity index (χ1) is 16.0. The van der Waals surface area contributed by atoms with E-state index in [1.807, 2.05) is 0 Å². The summed E-state index contributed by atoms with van der Waals surface area (Å²) in [5.41, 5.74) is 0. The molecule has 4 unspecified atom stereocenters. The zero-order valence-corrected chi connectivity index (χ0v) is 20.5. The van der Waals surface area contributed by atoms with Crippen molar-refractivity contribution >= 4 is 17.6 Å². The van der Waals surface area contributed by atoms with Crippen molar-refractivity contribution in [2.45, 2.75) is 84.0 Å². The van der Waals surface area contributed by atoms with Gasteiger partial charge in [0.25, 0.3) is 0 Å². The molecule has 0 heterocycles. The van der Waals surface area contributed by atoms with Gasteiger partial charge >= 0.3 is 5.97 Å². The van der Waals surface area contributed by atoms with Crippen LogP contribution < -0.4 is 4.74 Å². The minimum absolute atomic E-state index is 0.217. The number of benzene rings is 1. The van der Waals surface area contributed by atoms with Crippen LogP contribution >= 0.6 is 11.6 Å². The maximum Gasteiger partial charge on any atom is 0.314 e. The van der Waals surface area contributed by atoms with Crippen LogP contribution in [0.2, 0.25) is 5.02 Å². The number of ether oxygens (including phenoxy) is 1. The van der Waals surface area contributed by atoms with Gasteiger partial charge in [0.1, 0.15) is 0 Å². The zero-order valence-electron chi connectivity index (χ0n) is 19.7. The third-order valence-corrected chi connectivity index (χ3v) is 9.03. The predicted octanol–water partition coefficient (Wildman–Crippen LogP) is 8.52. The van der Waals surface area contributed by atoms with Gasteiger partial charge < -0.3 is 4.74 Å². The molecule has 0 aliphatic heterocycles. The maximum atomic E-state index is 14.2. The van der Waals surface area contributed by atoms with Crippen molar-refractivity contribution in [3.63, 3.8) is 0 Å². The normalized spacial score (nSPS) is 32.5. The average Bonchev–Trinajstić information content (AvgIpc) is 2.84. The lowest BCUT2D eigenvalue weighted by Gasteiger charge is -2.46. The molecule has 3 fully saturated rings. The van der Waals surface area contributed by atoms with Gasteiger partial charge in [0.2, 0.25) is 5.82 Å². The van der Waals surface area contributed by atoms with Gasteiger partial charge in [0, 0.05) is 0 Å². The molecular formula is C28H37ClF2O2. The van der Waals surface area contributed by atoms with Crippen LogP contribution in [0.1, 0.15) is 84.0 Å². The fourth-order valence-corrected chi connectivity index (χ4v) is 7.08. The van der Waals surface area contributed by atoms with Crippen LogP contribution in [0.25, 0.3) is 0 Å². The lowest BCUT2D eigenvalue weighted by Crippen LogP contribution is -2.40. The molecule has 0 amide bonds. The number of rotatable bonds is 6. The second-order valence-electron chi connectivity index (χ2n) is 10.6. The lowest BCUT2D eigenvalue weighted by molar-refractivity contribution is -0.144. The summed E-state index contributed by atoms with van der Waals surface area (Å²) in [6.45, 7) is 2.10. The van der Waals surface area contributed by atoms with Gasteiger partial charge in [-0.1, -0.05) is 49.4 Å². The number of carbonyl (C=O) groups excluding carboxylic acids is 1. The Morgan fingerprint density at radius 2 is 1.76 bits per heavy atom. The number of halogens is 3. The Morgan fingerprint density at radius 3 is 2.52 bits per heavy atom. The second-order valence-corrected chi connectivity index (χ2v) is 11.0. The first kappa shape index (κ1) is 24.7. The summed E-state index contributed by atoms with van der Waals surface area (Å²) >= 11 is 5.62. The fraction of sp³-hybridized carbons (Fsp3) is 0.679. The van der Waals surface area contributed by atoms with E-state index >= 15 is 0 Å². The molecule has 0 aromatic heterocycles. The summed E-state index contributed by atoms with van der Waals surface area (Å²) in [5, 5.41) is -0.310. The van der Waals surface area contributed by atoms with Crippen molar-refractivity contribution in [1.29, 1.82) is 0 Å². The highest BCUT2D eigenvalue weighted by Crippen LogP contribution is 2.50. The quantitative estimate of drug-likeness (QED) is 0.177. The van der Waals surface area contributed by atoms with Crippen molar-refractivity contribution in [3.05, 3.63) is 40.9 Å². The van der Waals surface area contributed by atoms with E-state index in [1.165, 1.54) is 69.9 Å². The third kappa shape index (κ3) is 5.81. The molecule has 0 radical (unpaired) electrons. The van der Waals surface area contributed by atoms with Crippen LogP contribution in [0, 0.1) is 47.1 Å². The number of allylic oxidation sites excluding steroid dienone is 2. The van der Waals surface area contributed by atoms with Gasteiger partial charge in [-0.25, -0.2) is 4.39 Å². The largest absolute Gasteiger partial charge is 0.423 e. The summed E-state index contributed by atoms with van der Waals surface area (Å²) in [7, 11) is 0. The van der Waals surface area contributed by atoms with Crippen LogP contribution in [-0.2, 0) is 4.79 Å². The van der Waals surface area contributed by atoms with E-state index in [0.29, 0.717) is 11.8 Å². The zero-order chi connectivity index (χ0) is 23.4. The Kier molecular flexibility index (Phi) is 8.48. The summed E-state index contributed by atoms with van der Waals surface area (Å²) in [6, 6.07) is 2.47. The van der Waals surface area contributed by atoms with E-state index in [0.717, 1.165) is 37.0 Å². The highest BCUT2D eigenvalue weighted by atomic mass is 35.5. The standard InChI is InChI=1S/C28H37ClF2O2/c1-2-3-4-6-18-9-11-19(12-10-18)20-13-14-22-21(17-20)7-5-8-23(22)28(32)33-25-16-15-24(29)26(30)27(25)31/h2-3,15-16,18-23H,4-14,17H2,1H3/b3-2+. The van der Waals surface area contributed by atoms with Gasteiger partial charge in [0.15, 0.2) is 11.6 Å². The van der Waals surface area contributed by atoms with Crippen LogP contribution in [0.15, 0.2) is 24.3 Å². The van der Waals surface area contributed by atoms with Crippen molar-refractivity contribution in [3.8, 4) is 5.75 Å². The number of fused-ring (bicyclic) bond motifs is 1. The van der Waals surface area contributed by atoms with E-state index in [9.17, 15) is 13.6 Å². The number of hydrogen-bond acceptors (Lipinski definition) is 2. The molecule has 3 aliphatic rings. The summed E-state index contributed by atoms with van der Waals surface area (Å²) in [4.78, 5) is 12.9. The smallest absolute Gasteiger partial charge is 0.314 e. The maximum absolute atomic E-state index is 14.2. The molecule has 4 atom stereocenters. The molecular weight excluding hydrogens is 442 g/mol. The Labute approximate surface area is 202 Å². The number of carbonyl (C=O) groups is 1. The van der Waals surface area contributed by atoms with E-state index in [4.69, 9.17) is 16.3 Å². The topological polar surface area (TPSA) is 26.3 Å². The average molecular weight is 479 g/mol. The highest BCUT2D eigenvalue weighted by Gasteiger charge is 2.43. The Morgan fingerprint density at radius 1 is 1.00 bits per heavy atom. The first-order valence-electron chi connectivity index (χ1n) is 12.9. The molecule has 1 aromatic carbocycles. The van der Waals surface area contributed by atoms with Gasteiger partial charge in [-0.15, -0.1) is 0 Å². The van der Waals surface area contributed by atoms with Crippen molar-refractivity contribution < 1.29 is 18.3 Å². The van der Waals surface area contributed by atoms with Crippen molar-refractivity contribution in [2.75, 3.05) is 0 Å². The van der Waals surface area contributed by atoms with Gasteiger partial charge in [0.05, 0.1) is 10.9 Å². The van der Waals surface area contributed by atoms with E-state index in [1.54, 1.807) is 0 Å². The SMILES string of the molecule is C/C=C/CCC1CCC(C2CCC3C(CCCC3C(=O)Oc3ccc(Cl)c(F)c3F)C2)CC1. The van der Waals surface area contributed by atoms with E-state index in [-0.39, 0.29) is 16.7 Å². The Bertz CT molecular complexity index is 847. The van der Waals surface area contributed by atoms with Gasteiger partial charge in [-0.2, -0.15) is 4.39 Å². The molecule has 0 spiro atoms. The third-order valence-electron chi connectivity index (χ3n) is 8.74. The van der Waals surface area contributed by atoms with Crippen molar-refractivity contribution in [1.82, 2.24) is 0 Å². The summed E-state index contributed by atoms with van der Waals surface area (Å²) < 4.78 is 33.3. The molecule has 0 N–H and O–H groups in total. The van der Waals surface area contributed by atoms with Gasteiger partial charge in [-0.05, 0) is 100 Å². The van der Waals surface area contributed by atoms with E-state index < -0.39 is 17.6 Å². The molecule has 3 aliphatic carbocycles. The Balaban J connectivity index is 1.31. The minimum atomic E-state index is -1.19. The van der Waals surface area contributed by atoms with Crippen molar-refractivity contribution in [2.24, 2.45) is 35.5 Å². The second kappa shape index (κ2) is 11.3. The van der Waals surface area contributed by atoms with Crippen LogP contribution in [-0.4, -0.2) is 5.97 Å². The molecule has 0 bridgehead atoms.